The number of rotatable bonds is 17. The lowest BCUT2D eigenvalue weighted by molar-refractivity contribution is -0.139. The quantitative estimate of drug-likeness (QED) is 0.0987. The number of hydrogen-bond donors (Lipinski definition) is 3. The van der Waals surface area contributed by atoms with Crippen molar-refractivity contribution in [3.63, 3.8) is 0 Å². The van der Waals surface area contributed by atoms with Gasteiger partial charge in [0.05, 0.1) is 39.3 Å². The minimum absolute atomic E-state index is 0.0931. The molecule has 0 unspecified atom stereocenters. The highest BCUT2D eigenvalue weighted by Gasteiger charge is 2.42. The lowest BCUT2D eigenvalue weighted by Crippen LogP contribution is -2.57. The van der Waals surface area contributed by atoms with Crippen molar-refractivity contribution >= 4 is 61.5 Å². The van der Waals surface area contributed by atoms with Crippen LogP contribution in [0.15, 0.2) is 65.4 Å². The summed E-state index contributed by atoms with van der Waals surface area (Å²) in [6.45, 7) is 15.3. The molecule has 9 rings (SSSR count). The van der Waals surface area contributed by atoms with Crippen molar-refractivity contribution in [1.82, 2.24) is 60.5 Å². The van der Waals surface area contributed by atoms with E-state index in [1.54, 1.807) is 74.4 Å². The number of anilines is 1. The predicted octanol–water partition coefficient (Wildman–Crippen LogP) is 5.26. The van der Waals surface area contributed by atoms with Gasteiger partial charge >= 0.3 is 0 Å². The van der Waals surface area contributed by atoms with Crippen LogP contribution < -0.4 is 20.3 Å². The van der Waals surface area contributed by atoms with E-state index in [9.17, 15) is 32.0 Å². The second-order valence-electron chi connectivity index (χ2n) is 21.0. The number of aryl methyl sites for hydroxylation is 1. The van der Waals surface area contributed by atoms with E-state index in [0.29, 0.717) is 117 Å². The van der Waals surface area contributed by atoms with Gasteiger partial charge in [0.1, 0.15) is 46.1 Å². The van der Waals surface area contributed by atoms with Gasteiger partial charge in [0.2, 0.25) is 23.5 Å². The first-order chi connectivity index (χ1) is 36.8. The number of ether oxygens (including phenoxy) is 1. The number of thiazole rings is 1. The number of amides is 3. The lowest BCUT2D eigenvalue weighted by atomic mass is 9.87. The molecule has 4 aromatic heterocycles. The molecule has 0 spiro atoms. The van der Waals surface area contributed by atoms with Crippen molar-refractivity contribution in [2.45, 2.75) is 101 Å². The summed E-state index contributed by atoms with van der Waals surface area (Å²) in [7, 11) is -2.16. The number of halogens is 1. The van der Waals surface area contributed by atoms with Gasteiger partial charge in [-0.1, -0.05) is 0 Å². The van der Waals surface area contributed by atoms with E-state index >= 15 is 0 Å². The van der Waals surface area contributed by atoms with Crippen LogP contribution in [0, 0.1) is 25.6 Å². The highest BCUT2D eigenvalue weighted by atomic mass is 32.2. The Balaban J connectivity index is 0.787. The van der Waals surface area contributed by atoms with Crippen molar-refractivity contribution in [3.8, 4) is 5.75 Å². The number of likely N-dealkylation sites (N-methyl/N-ethyl adjacent to an activating group) is 1. The predicted molar refractivity (Wildman–Crippen MR) is 288 cm³/mol. The Morgan fingerprint density at radius 3 is 2.29 bits per heavy atom. The molecule has 3 aliphatic heterocycles. The first kappa shape index (κ1) is 55.0. The number of carbonyl (C=O) groups is 4. The molecule has 23 heteroatoms. The van der Waals surface area contributed by atoms with Crippen molar-refractivity contribution in [1.29, 1.82) is 0 Å². The Labute approximate surface area is 451 Å². The van der Waals surface area contributed by atoms with Gasteiger partial charge in [0.15, 0.2) is 9.84 Å². The van der Waals surface area contributed by atoms with Gasteiger partial charge in [-0.15, -0.1) is 11.3 Å². The molecular formula is C54H66FN13O7S2. The summed E-state index contributed by atoms with van der Waals surface area (Å²) in [5.74, 6) is -1.04. The third kappa shape index (κ3) is 11.9. The number of fused-ring (bicyclic) bond motifs is 1. The zero-order valence-electron chi connectivity index (χ0n) is 44.5. The second kappa shape index (κ2) is 23.0. The van der Waals surface area contributed by atoms with Gasteiger partial charge in [-0.3, -0.25) is 29.2 Å². The minimum atomic E-state index is -3.84. The third-order valence-electron chi connectivity index (χ3n) is 15.1. The normalized spacial score (nSPS) is 17.7. The van der Waals surface area contributed by atoms with E-state index in [4.69, 9.17) is 4.74 Å². The molecule has 3 fully saturated rings. The molecule has 0 radical (unpaired) electrons. The van der Waals surface area contributed by atoms with Gasteiger partial charge in [-0.25, -0.2) is 37.7 Å². The molecule has 0 aliphatic carbocycles. The van der Waals surface area contributed by atoms with Crippen molar-refractivity contribution < 1.29 is 36.7 Å². The standard InChI is InChI=1S/C54H66FN13O7S2/c1-32-33(2)63-64-40(32)26-41-39-25-46(77(73,74)54(4,5)6)45(27-42(39)60-31-59-41)75-24-23-65-19-21-67(22-20-65)53-57-28-37(29-58-53)51(71)66-17-14-35(15-18-66)47(62-49(70)34(3)56-7)52(72)68-16-8-9-44(68)50-61-43(30-76-50)48(69)36-10-12-38(55)13-11-36/h10-13,25,27-31,34-35,44,47,56H,8-9,14-24,26H2,1-7H3,(H,62,70)(H,63,64)/t34-,44-,47-/m0/s1. The smallest absolute Gasteiger partial charge is 0.256 e. The highest BCUT2D eigenvalue weighted by molar-refractivity contribution is 7.92. The summed E-state index contributed by atoms with van der Waals surface area (Å²) in [5.41, 5.74) is 4.95. The van der Waals surface area contributed by atoms with Crippen LogP contribution in [0.3, 0.4) is 0 Å². The van der Waals surface area contributed by atoms with Gasteiger partial charge in [-0.05, 0) is 116 Å². The second-order valence-corrected chi connectivity index (χ2v) is 24.6. The number of likely N-dealkylation sites (tertiary alicyclic amines) is 2. The Kier molecular flexibility index (Phi) is 16.4. The van der Waals surface area contributed by atoms with Crippen LogP contribution in [-0.2, 0) is 25.8 Å². The van der Waals surface area contributed by atoms with Gasteiger partial charge in [-0.2, -0.15) is 5.10 Å². The molecule has 3 atom stereocenters. The molecule has 2 aromatic carbocycles. The maximum Gasteiger partial charge on any atom is 0.256 e. The number of piperidine rings is 1. The number of ketones is 1. The first-order valence-corrected chi connectivity index (χ1v) is 28.5. The van der Waals surface area contributed by atoms with Crippen LogP contribution in [0.1, 0.15) is 113 Å². The summed E-state index contributed by atoms with van der Waals surface area (Å²) >= 11 is 1.30. The molecule has 0 bridgehead atoms. The first-order valence-electron chi connectivity index (χ1n) is 26.1. The third-order valence-corrected chi connectivity index (χ3v) is 18.6. The number of aromatic amines is 1. The Morgan fingerprint density at radius 1 is 0.909 bits per heavy atom. The van der Waals surface area contributed by atoms with Crippen LogP contribution in [0.25, 0.3) is 10.9 Å². The van der Waals surface area contributed by atoms with E-state index in [1.807, 2.05) is 13.8 Å². The van der Waals surface area contributed by atoms with Crippen LogP contribution in [0.4, 0.5) is 10.3 Å². The summed E-state index contributed by atoms with van der Waals surface area (Å²) in [6, 6.07) is 6.86. The number of sulfone groups is 1. The molecule has 408 valence electrons. The maximum absolute atomic E-state index is 14.6. The maximum atomic E-state index is 14.6. The largest absolute Gasteiger partial charge is 0.491 e. The van der Waals surface area contributed by atoms with Crippen LogP contribution >= 0.6 is 11.3 Å². The number of aromatic nitrogens is 7. The highest BCUT2D eigenvalue weighted by Crippen LogP contribution is 2.38. The van der Waals surface area contributed by atoms with E-state index in [-0.39, 0.29) is 58.4 Å². The zero-order chi connectivity index (χ0) is 54.8. The number of nitrogens with one attached hydrogen (secondary N) is 3. The molecular weight excluding hydrogens is 1030 g/mol. The number of nitrogens with zero attached hydrogens (tertiary/aromatic N) is 10. The zero-order valence-corrected chi connectivity index (χ0v) is 46.1. The summed E-state index contributed by atoms with van der Waals surface area (Å²) in [6.07, 6.45) is 7.29. The van der Waals surface area contributed by atoms with Crippen molar-refractivity contribution in [2.24, 2.45) is 5.92 Å². The molecule has 3 aliphatic rings. The molecule has 0 saturated carbocycles. The summed E-state index contributed by atoms with van der Waals surface area (Å²) in [5, 5.41) is 16.3. The van der Waals surface area contributed by atoms with Crippen molar-refractivity contribution in [3.05, 3.63) is 111 Å². The fourth-order valence-electron chi connectivity index (χ4n) is 10.00. The molecule has 77 heavy (non-hydrogen) atoms. The molecule has 3 amide bonds. The Hall–Kier alpha value is -6.82. The number of hydrogen-bond acceptors (Lipinski definition) is 17. The monoisotopic (exact) mass is 1090 g/mol. The minimum Gasteiger partial charge on any atom is -0.491 e. The number of carbonyl (C=O) groups excluding carboxylic acids is 4. The Morgan fingerprint density at radius 2 is 1.62 bits per heavy atom. The van der Waals surface area contributed by atoms with Gasteiger partial charge in [0.25, 0.3) is 5.91 Å². The van der Waals surface area contributed by atoms with Gasteiger partial charge < -0.3 is 30.1 Å². The van der Waals surface area contributed by atoms with E-state index < -0.39 is 32.5 Å². The number of piperazine rings is 1. The molecule has 3 N–H and O–H groups in total. The Bertz CT molecular complexity index is 3240. The molecule has 6 aromatic rings. The van der Waals surface area contributed by atoms with E-state index in [1.165, 1.54) is 41.9 Å². The van der Waals surface area contributed by atoms with Crippen LogP contribution in [0.2, 0.25) is 0 Å². The van der Waals surface area contributed by atoms with Gasteiger partial charge in [0, 0.05) is 99.3 Å². The molecule has 7 heterocycles. The van der Waals surface area contributed by atoms with Crippen LogP contribution in [-0.4, -0.2) is 165 Å². The van der Waals surface area contributed by atoms with E-state index in [2.05, 4.69) is 55.6 Å². The summed E-state index contributed by atoms with van der Waals surface area (Å²) in [4.78, 5) is 85.7. The average molecular weight is 1090 g/mol. The summed E-state index contributed by atoms with van der Waals surface area (Å²) < 4.78 is 46.8. The molecule has 20 nitrogen and oxygen atoms in total. The van der Waals surface area contributed by atoms with Crippen molar-refractivity contribution in [2.75, 3.05) is 70.9 Å². The fourth-order valence-corrected chi connectivity index (χ4v) is 12.3. The topological polar surface area (TPSA) is 242 Å². The average Bonchev–Trinajstić information content (AvgIpc) is 4.24. The van der Waals surface area contributed by atoms with Crippen LogP contribution in [0.5, 0.6) is 5.75 Å². The number of benzene rings is 2. The molecule has 3 saturated heterocycles. The lowest BCUT2D eigenvalue weighted by Gasteiger charge is -2.38. The van der Waals surface area contributed by atoms with E-state index in [0.717, 1.165) is 23.4 Å². The fraction of sp³-hybridized carbons (Fsp3) is 0.481. The SMILES string of the molecule is CN[C@@H](C)C(=O)N[C@H](C(=O)N1CCC[C@H]1c1nc(C(=O)c2ccc(F)cc2)cs1)C1CCN(C(=O)c2cnc(N3CCN(CCOc4cc5ncnc(Cc6n[nH]c(C)c6C)c5cc4S(=O)(=O)C(C)(C)C)CC3)nc2)CC1. The number of H-pyrrole nitrogens is 1.